The molecule has 0 saturated carbocycles. The lowest BCUT2D eigenvalue weighted by molar-refractivity contribution is 0.0690. The predicted octanol–water partition coefficient (Wildman–Crippen LogP) is 1.59. The number of halogens is 1. The molecule has 0 spiro atoms. The fourth-order valence-electron chi connectivity index (χ4n) is 1.76. The van der Waals surface area contributed by atoms with Gasteiger partial charge >= 0.3 is 5.97 Å². The standard InChI is InChI=1S/C10H13N3O2.ClH/c14-10(15)8-6-9(12-7-11-8)13-4-2-1-3-5-13;/h6-7H,1-5H2,(H,14,15);1H. The SMILES string of the molecule is Cl.O=C(O)c1cc(N2CCCCC2)ncn1. The van der Waals surface area contributed by atoms with Crippen molar-refractivity contribution in [2.24, 2.45) is 0 Å². The highest BCUT2D eigenvalue weighted by Crippen LogP contribution is 2.17. The van der Waals surface area contributed by atoms with Crippen LogP contribution >= 0.6 is 12.4 Å². The van der Waals surface area contributed by atoms with Gasteiger partial charge in [0.2, 0.25) is 0 Å². The van der Waals surface area contributed by atoms with E-state index in [0.717, 1.165) is 31.7 Å². The number of nitrogens with zero attached hydrogens (tertiary/aromatic N) is 3. The third-order valence-electron chi connectivity index (χ3n) is 2.55. The third-order valence-corrected chi connectivity index (χ3v) is 2.55. The zero-order chi connectivity index (χ0) is 10.7. The number of carboxylic acid groups (broad SMARTS) is 1. The van der Waals surface area contributed by atoms with Crippen LogP contribution in [0.25, 0.3) is 0 Å². The Labute approximate surface area is 99.9 Å². The second-order valence-corrected chi connectivity index (χ2v) is 3.61. The Hall–Kier alpha value is -1.36. The minimum atomic E-state index is -1.00. The molecule has 1 aliphatic rings. The van der Waals surface area contributed by atoms with Gasteiger partial charge in [-0.1, -0.05) is 0 Å². The van der Waals surface area contributed by atoms with Gasteiger partial charge in [-0.15, -0.1) is 12.4 Å². The molecule has 0 atom stereocenters. The van der Waals surface area contributed by atoms with E-state index in [9.17, 15) is 4.79 Å². The van der Waals surface area contributed by atoms with Gasteiger partial charge in [0.15, 0.2) is 5.69 Å². The molecule has 1 aromatic heterocycles. The first-order valence-corrected chi connectivity index (χ1v) is 5.07. The smallest absolute Gasteiger partial charge is 0.354 e. The number of hydrogen-bond acceptors (Lipinski definition) is 4. The highest BCUT2D eigenvalue weighted by molar-refractivity contribution is 5.86. The largest absolute Gasteiger partial charge is 0.477 e. The van der Waals surface area contributed by atoms with E-state index in [0.29, 0.717) is 0 Å². The Morgan fingerprint density at radius 3 is 2.56 bits per heavy atom. The summed E-state index contributed by atoms with van der Waals surface area (Å²) in [6, 6.07) is 1.54. The summed E-state index contributed by atoms with van der Waals surface area (Å²) in [4.78, 5) is 20.6. The summed E-state index contributed by atoms with van der Waals surface area (Å²) in [5.74, 6) is -0.280. The number of piperidine rings is 1. The van der Waals surface area contributed by atoms with Crippen LogP contribution < -0.4 is 4.90 Å². The number of carboxylic acids is 1. The Morgan fingerprint density at radius 2 is 1.94 bits per heavy atom. The van der Waals surface area contributed by atoms with E-state index in [1.54, 1.807) is 0 Å². The van der Waals surface area contributed by atoms with Gasteiger partial charge in [-0.3, -0.25) is 0 Å². The molecular formula is C10H14ClN3O2. The number of aromatic nitrogens is 2. The Balaban J connectivity index is 0.00000128. The summed E-state index contributed by atoms with van der Waals surface area (Å²) in [6.45, 7) is 1.91. The van der Waals surface area contributed by atoms with Crippen molar-refractivity contribution in [3.8, 4) is 0 Å². The summed E-state index contributed by atoms with van der Waals surface area (Å²) < 4.78 is 0. The van der Waals surface area contributed by atoms with Crippen molar-refractivity contribution in [2.45, 2.75) is 19.3 Å². The monoisotopic (exact) mass is 243 g/mol. The predicted molar refractivity (Wildman–Crippen MR) is 62.3 cm³/mol. The van der Waals surface area contributed by atoms with Crippen molar-refractivity contribution >= 4 is 24.2 Å². The topological polar surface area (TPSA) is 66.3 Å². The molecule has 1 N–H and O–H groups in total. The van der Waals surface area contributed by atoms with E-state index in [4.69, 9.17) is 5.11 Å². The average molecular weight is 244 g/mol. The zero-order valence-corrected chi connectivity index (χ0v) is 9.61. The van der Waals surface area contributed by atoms with Crippen molar-refractivity contribution in [1.82, 2.24) is 9.97 Å². The fourth-order valence-corrected chi connectivity index (χ4v) is 1.76. The van der Waals surface area contributed by atoms with Crippen LogP contribution in [-0.2, 0) is 0 Å². The molecule has 1 aromatic rings. The molecule has 2 rings (SSSR count). The van der Waals surface area contributed by atoms with Crippen LogP contribution in [0.15, 0.2) is 12.4 Å². The molecule has 0 aliphatic carbocycles. The molecule has 0 amide bonds. The van der Waals surface area contributed by atoms with E-state index in [-0.39, 0.29) is 18.1 Å². The first kappa shape index (κ1) is 12.7. The second-order valence-electron chi connectivity index (χ2n) is 3.61. The van der Waals surface area contributed by atoms with Gasteiger partial charge in [-0.2, -0.15) is 0 Å². The van der Waals surface area contributed by atoms with Crippen LogP contribution in [0.3, 0.4) is 0 Å². The quantitative estimate of drug-likeness (QED) is 0.855. The first-order valence-electron chi connectivity index (χ1n) is 5.07. The molecule has 1 saturated heterocycles. The summed E-state index contributed by atoms with van der Waals surface area (Å²) in [6.07, 6.45) is 4.85. The van der Waals surface area contributed by atoms with E-state index in [1.165, 1.54) is 18.8 Å². The van der Waals surface area contributed by atoms with Gasteiger partial charge in [0.1, 0.15) is 12.1 Å². The Morgan fingerprint density at radius 1 is 1.25 bits per heavy atom. The Bertz CT molecular complexity index is 367. The van der Waals surface area contributed by atoms with Gasteiger partial charge in [-0.25, -0.2) is 14.8 Å². The molecule has 1 aliphatic heterocycles. The van der Waals surface area contributed by atoms with Gasteiger partial charge in [-0.05, 0) is 19.3 Å². The van der Waals surface area contributed by atoms with Crippen molar-refractivity contribution in [2.75, 3.05) is 18.0 Å². The van der Waals surface area contributed by atoms with Crippen LogP contribution in [0.5, 0.6) is 0 Å². The van der Waals surface area contributed by atoms with Crippen LogP contribution in [0, 0.1) is 0 Å². The third kappa shape index (κ3) is 2.82. The highest BCUT2D eigenvalue weighted by atomic mass is 35.5. The molecule has 88 valence electrons. The normalized spacial score (nSPS) is 15.4. The lowest BCUT2D eigenvalue weighted by Crippen LogP contribution is -2.30. The van der Waals surface area contributed by atoms with Crippen LogP contribution in [0.4, 0.5) is 5.82 Å². The maximum Gasteiger partial charge on any atom is 0.354 e. The van der Waals surface area contributed by atoms with E-state index >= 15 is 0 Å². The molecule has 0 unspecified atom stereocenters. The molecule has 16 heavy (non-hydrogen) atoms. The lowest BCUT2D eigenvalue weighted by Gasteiger charge is -2.27. The molecule has 6 heteroatoms. The highest BCUT2D eigenvalue weighted by Gasteiger charge is 2.14. The van der Waals surface area contributed by atoms with E-state index < -0.39 is 5.97 Å². The van der Waals surface area contributed by atoms with Gasteiger partial charge < -0.3 is 10.0 Å². The average Bonchev–Trinajstić information content (AvgIpc) is 2.30. The van der Waals surface area contributed by atoms with Crippen molar-refractivity contribution in [3.05, 3.63) is 18.1 Å². The van der Waals surface area contributed by atoms with Crippen LogP contribution in [-0.4, -0.2) is 34.1 Å². The number of anilines is 1. The number of carbonyl (C=O) groups is 1. The molecule has 2 heterocycles. The summed E-state index contributed by atoms with van der Waals surface area (Å²) in [7, 11) is 0. The van der Waals surface area contributed by atoms with Gasteiger partial charge in [0.05, 0.1) is 0 Å². The van der Waals surface area contributed by atoms with E-state index in [1.807, 2.05) is 0 Å². The van der Waals surface area contributed by atoms with Gasteiger partial charge in [0, 0.05) is 19.2 Å². The van der Waals surface area contributed by atoms with Crippen molar-refractivity contribution in [1.29, 1.82) is 0 Å². The minimum Gasteiger partial charge on any atom is -0.477 e. The number of rotatable bonds is 2. The number of hydrogen-bond donors (Lipinski definition) is 1. The van der Waals surface area contributed by atoms with Gasteiger partial charge in [0.25, 0.3) is 0 Å². The van der Waals surface area contributed by atoms with Crippen LogP contribution in [0.2, 0.25) is 0 Å². The molecular weight excluding hydrogens is 230 g/mol. The molecule has 0 radical (unpaired) electrons. The molecule has 0 bridgehead atoms. The fraction of sp³-hybridized carbons (Fsp3) is 0.500. The van der Waals surface area contributed by atoms with Crippen LogP contribution in [0.1, 0.15) is 29.8 Å². The maximum absolute atomic E-state index is 10.7. The summed E-state index contributed by atoms with van der Waals surface area (Å²) in [5, 5.41) is 8.80. The molecule has 0 aromatic carbocycles. The van der Waals surface area contributed by atoms with Crippen molar-refractivity contribution < 1.29 is 9.90 Å². The number of aromatic carboxylic acids is 1. The molecule has 1 fully saturated rings. The van der Waals surface area contributed by atoms with Crippen molar-refractivity contribution in [3.63, 3.8) is 0 Å². The second kappa shape index (κ2) is 5.65. The maximum atomic E-state index is 10.7. The summed E-state index contributed by atoms with van der Waals surface area (Å²) in [5.41, 5.74) is 0.0607. The zero-order valence-electron chi connectivity index (χ0n) is 8.80. The first-order chi connectivity index (χ1) is 7.27. The molecule has 5 nitrogen and oxygen atoms in total. The minimum absolute atomic E-state index is 0. The Kier molecular flexibility index (Phi) is 4.49. The lowest BCUT2D eigenvalue weighted by atomic mass is 10.1. The van der Waals surface area contributed by atoms with E-state index in [2.05, 4.69) is 14.9 Å². The summed E-state index contributed by atoms with van der Waals surface area (Å²) >= 11 is 0.